The number of hydrogen-bond acceptors (Lipinski definition) is 4. The Kier molecular flexibility index (Phi) is 2.66. The maximum Gasteiger partial charge on any atom is 0.310 e. The summed E-state index contributed by atoms with van der Waals surface area (Å²) in [5.74, 6) is 0.0166. The summed E-state index contributed by atoms with van der Waals surface area (Å²) in [4.78, 5) is 10.3. The van der Waals surface area contributed by atoms with Crippen molar-refractivity contribution in [1.29, 1.82) is 0 Å². The summed E-state index contributed by atoms with van der Waals surface area (Å²) < 4.78 is 5.21. The van der Waals surface area contributed by atoms with Gasteiger partial charge in [-0.1, -0.05) is 0 Å². The maximum absolute atomic E-state index is 10.7. The highest BCUT2D eigenvalue weighted by Gasteiger charge is 2.25. The zero-order chi connectivity index (χ0) is 10.7. The fourth-order valence-electron chi connectivity index (χ4n) is 1.65. The zero-order valence-electron chi connectivity index (χ0n) is 8.05. The van der Waals surface area contributed by atoms with Crippen LogP contribution >= 0.6 is 0 Å². The molecule has 0 aliphatic carbocycles. The fraction of sp³-hybridized carbons (Fsp3) is 0.444. The number of aromatic nitrogens is 2. The molecule has 6 nitrogen and oxygen atoms in total. The topological polar surface area (TPSA) is 81.0 Å². The van der Waals surface area contributed by atoms with E-state index in [4.69, 9.17) is 4.74 Å². The van der Waals surface area contributed by atoms with Gasteiger partial charge in [-0.2, -0.15) is 5.10 Å². The van der Waals surface area contributed by atoms with Crippen LogP contribution in [0.2, 0.25) is 0 Å². The van der Waals surface area contributed by atoms with Gasteiger partial charge in [0, 0.05) is 5.92 Å². The van der Waals surface area contributed by atoms with Crippen molar-refractivity contribution in [3.05, 3.63) is 34.3 Å². The predicted molar refractivity (Wildman–Crippen MR) is 52.3 cm³/mol. The first-order chi connectivity index (χ1) is 7.29. The number of nitrogens with one attached hydrogen (secondary N) is 1. The number of ether oxygens (including phenoxy) is 1. The van der Waals surface area contributed by atoms with Crippen molar-refractivity contribution in [3.8, 4) is 0 Å². The van der Waals surface area contributed by atoms with E-state index in [1.54, 1.807) is 6.26 Å². The monoisotopic (exact) mass is 209 g/mol. The van der Waals surface area contributed by atoms with Gasteiger partial charge in [0.25, 0.3) is 0 Å². The molecule has 1 aromatic rings. The second-order valence-corrected chi connectivity index (χ2v) is 3.41. The molecule has 15 heavy (non-hydrogen) atoms. The Labute approximate surface area is 86.1 Å². The number of rotatable bonds is 2. The second kappa shape index (κ2) is 4.12. The minimum Gasteiger partial charge on any atom is -0.501 e. The van der Waals surface area contributed by atoms with E-state index in [1.165, 1.54) is 6.20 Å². The molecule has 0 fully saturated rings. The van der Waals surface area contributed by atoms with Crippen LogP contribution in [-0.2, 0) is 4.74 Å². The third-order valence-corrected chi connectivity index (χ3v) is 2.42. The highest BCUT2D eigenvalue weighted by molar-refractivity contribution is 5.35. The third-order valence-electron chi connectivity index (χ3n) is 2.42. The second-order valence-electron chi connectivity index (χ2n) is 3.41. The lowest BCUT2D eigenvalue weighted by atomic mass is 10.00. The molecule has 0 saturated carbocycles. The lowest BCUT2D eigenvalue weighted by Crippen LogP contribution is -2.07. The molecule has 1 atom stereocenters. The Hall–Kier alpha value is -1.85. The van der Waals surface area contributed by atoms with Crippen molar-refractivity contribution in [1.82, 2.24) is 10.2 Å². The van der Waals surface area contributed by atoms with Crippen LogP contribution in [0.15, 0.2) is 18.5 Å². The predicted octanol–water partition coefficient (Wildman–Crippen LogP) is 1.73. The SMILES string of the molecule is O=[N+]([O-])c1cn[nH]c1C1CCC=COC1. The number of hydrogen-bond donors (Lipinski definition) is 1. The van der Waals surface area contributed by atoms with E-state index in [-0.39, 0.29) is 11.6 Å². The van der Waals surface area contributed by atoms with Crippen LogP contribution in [0.4, 0.5) is 5.69 Å². The summed E-state index contributed by atoms with van der Waals surface area (Å²) in [6, 6.07) is 0. The van der Waals surface area contributed by atoms with Gasteiger partial charge >= 0.3 is 5.69 Å². The molecule has 2 rings (SSSR count). The van der Waals surface area contributed by atoms with Crippen molar-refractivity contribution in [2.45, 2.75) is 18.8 Å². The normalized spacial score (nSPS) is 20.7. The van der Waals surface area contributed by atoms with Crippen molar-refractivity contribution in [2.75, 3.05) is 6.61 Å². The van der Waals surface area contributed by atoms with E-state index in [0.29, 0.717) is 12.3 Å². The van der Waals surface area contributed by atoms with Crippen molar-refractivity contribution in [2.24, 2.45) is 0 Å². The van der Waals surface area contributed by atoms with Crippen molar-refractivity contribution in [3.63, 3.8) is 0 Å². The van der Waals surface area contributed by atoms with Gasteiger partial charge < -0.3 is 4.74 Å². The molecule has 6 heteroatoms. The van der Waals surface area contributed by atoms with E-state index in [9.17, 15) is 10.1 Å². The molecule has 0 amide bonds. The van der Waals surface area contributed by atoms with E-state index in [1.807, 2.05) is 6.08 Å². The number of nitrogens with zero attached hydrogens (tertiary/aromatic N) is 2. The average Bonchev–Trinajstić information content (AvgIpc) is 2.55. The van der Waals surface area contributed by atoms with Crippen LogP contribution in [0.25, 0.3) is 0 Å². The molecular weight excluding hydrogens is 198 g/mol. The highest BCUT2D eigenvalue weighted by atomic mass is 16.6. The lowest BCUT2D eigenvalue weighted by Gasteiger charge is -2.10. The number of nitro groups is 1. The van der Waals surface area contributed by atoms with Crippen LogP contribution in [0.3, 0.4) is 0 Å². The van der Waals surface area contributed by atoms with Gasteiger partial charge in [-0.15, -0.1) is 0 Å². The Bertz CT molecular complexity index is 376. The number of aromatic amines is 1. The largest absolute Gasteiger partial charge is 0.501 e. The Morgan fingerprint density at radius 1 is 1.67 bits per heavy atom. The Balaban J connectivity index is 2.21. The van der Waals surface area contributed by atoms with Crippen LogP contribution in [0.1, 0.15) is 24.5 Å². The van der Waals surface area contributed by atoms with Gasteiger partial charge in [0.1, 0.15) is 11.9 Å². The maximum atomic E-state index is 10.7. The fourth-order valence-corrected chi connectivity index (χ4v) is 1.65. The summed E-state index contributed by atoms with van der Waals surface area (Å²) in [5, 5.41) is 17.1. The van der Waals surface area contributed by atoms with E-state index >= 15 is 0 Å². The molecule has 1 N–H and O–H groups in total. The van der Waals surface area contributed by atoms with Crippen LogP contribution in [0.5, 0.6) is 0 Å². The molecule has 80 valence electrons. The molecule has 1 aliphatic rings. The molecular formula is C9H11N3O3. The average molecular weight is 209 g/mol. The first-order valence-corrected chi connectivity index (χ1v) is 4.73. The third kappa shape index (κ3) is 1.98. The molecule has 0 aromatic carbocycles. The Morgan fingerprint density at radius 2 is 2.53 bits per heavy atom. The quantitative estimate of drug-likeness (QED) is 0.594. The lowest BCUT2D eigenvalue weighted by molar-refractivity contribution is -0.385. The molecule has 0 spiro atoms. The van der Waals surface area contributed by atoms with Crippen LogP contribution in [-0.4, -0.2) is 21.7 Å². The summed E-state index contributed by atoms with van der Waals surface area (Å²) in [6.45, 7) is 0.458. The standard InChI is InChI=1S/C9H11N3O3/c13-12(14)8-5-10-11-9(8)7-3-1-2-4-15-6-7/h2,4-5,7H,1,3,6H2,(H,10,11). The van der Waals surface area contributed by atoms with Crippen molar-refractivity contribution >= 4 is 5.69 Å². The van der Waals surface area contributed by atoms with Gasteiger partial charge in [-0.25, -0.2) is 0 Å². The molecule has 0 radical (unpaired) electrons. The first kappa shape index (κ1) is 9.70. The van der Waals surface area contributed by atoms with Gasteiger partial charge in [0.2, 0.25) is 0 Å². The highest BCUT2D eigenvalue weighted by Crippen LogP contribution is 2.29. The van der Waals surface area contributed by atoms with E-state index in [2.05, 4.69) is 10.2 Å². The molecule has 2 heterocycles. The summed E-state index contributed by atoms with van der Waals surface area (Å²) in [5.41, 5.74) is 0.606. The van der Waals surface area contributed by atoms with Crippen molar-refractivity contribution < 1.29 is 9.66 Å². The minimum absolute atomic E-state index is 0.0166. The first-order valence-electron chi connectivity index (χ1n) is 4.73. The summed E-state index contributed by atoms with van der Waals surface area (Å²) >= 11 is 0. The van der Waals surface area contributed by atoms with Crippen LogP contribution in [0, 0.1) is 10.1 Å². The van der Waals surface area contributed by atoms with Gasteiger partial charge in [0.15, 0.2) is 0 Å². The minimum atomic E-state index is -0.419. The van der Waals surface area contributed by atoms with E-state index in [0.717, 1.165) is 12.8 Å². The molecule has 0 bridgehead atoms. The molecule has 0 saturated heterocycles. The molecule has 1 aliphatic heterocycles. The van der Waals surface area contributed by atoms with Crippen LogP contribution < -0.4 is 0 Å². The van der Waals surface area contributed by atoms with Gasteiger partial charge in [-0.3, -0.25) is 15.2 Å². The number of allylic oxidation sites excluding steroid dienone is 1. The van der Waals surface area contributed by atoms with E-state index < -0.39 is 4.92 Å². The summed E-state index contributed by atoms with van der Waals surface area (Å²) in [7, 11) is 0. The van der Waals surface area contributed by atoms with Gasteiger partial charge in [-0.05, 0) is 18.9 Å². The Morgan fingerprint density at radius 3 is 3.33 bits per heavy atom. The number of H-pyrrole nitrogens is 1. The molecule has 1 aromatic heterocycles. The summed E-state index contributed by atoms with van der Waals surface area (Å²) in [6.07, 6.45) is 6.50. The molecule has 1 unspecified atom stereocenters. The smallest absolute Gasteiger partial charge is 0.310 e. The zero-order valence-corrected chi connectivity index (χ0v) is 8.05. The van der Waals surface area contributed by atoms with Gasteiger partial charge in [0.05, 0.1) is 17.8 Å².